The Morgan fingerprint density at radius 1 is 1.12 bits per heavy atom. The number of carbonyl (C=O) groups excluding carboxylic acids is 3. The molecule has 0 atom stereocenters. The molecular weight excluding hydrogens is 354 g/mol. The summed E-state index contributed by atoms with van der Waals surface area (Å²) in [6.07, 6.45) is 0. The molecule has 1 aliphatic heterocycles. The molecule has 3 amide bonds. The van der Waals surface area contributed by atoms with Crippen molar-refractivity contribution in [2.24, 2.45) is 0 Å². The molecular formula is C18H13N3O4S. The molecule has 0 fully saturated rings. The maximum Gasteiger partial charge on any atom is 0.262 e. The van der Waals surface area contributed by atoms with Gasteiger partial charge in [-0.15, -0.1) is 0 Å². The standard InChI is InChI=1S/C18H13N3O4S/c1-25-12-7-4-8-13-15(12)20-18(26-13)19-14(22)9-21-16(23)10-5-2-3-6-11(10)17(21)24/h2-8H,9H2,1H3,(H,19,20,22). The number of thiazole rings is 1. The van der Waals surface area contributed by atoms with Gasteiger partial charge in [0.1, 0.15) is 17.8 Å². The molecule has 7 nitrogen and oxygen atoms in total. The lowest BCUT2D eigenvalue weighted by Crippen LogP contribution is -2.37. The van der Waals surface area contributed by atoms with E-state index >= 15 is 0 Å². The summed E-state index contributed by atoms with van der Waals surface area (Å²) in [4.78, 5) is 42.2. The Balaban J connectivity index is 1.52. The number of benzene rings is 2. The quantitative estimate of drug-likeness (QED) is 0.716. The summed E-state index contributed by atoms with van der Waals surface area (Å²) in [5.74, 6) is -0.810. The summed E-state index contributed by atoms with van der Waals surface area (Å²) < 4.78 is 6.11. The molecule has 1 N–H and O–H groups in total. The number of methoxy groups -OCH3 is 1. The molecule has 0 saturated carbocycles. The minimum Gasteiger partial charge on any atom is -0.494 e. The van der Waals surface area contributed by atoms with Gasteiger partial charge >= 0.3 is 0 Å². The molecule has 8 heteroatoms. The van der Waals surface area contributed by atoms with Crippen LogP contribution in [0.25, 0.3) is 10.2 Å². The molecule has 0 saturated heterocycles. The van der Waals surface area contributed by atoms with Gasteiger partial charge in [0, 0.05) is 0 Å². The average Bonchev–Trinajstić information content (AvgIpc) is 3.16. The number of ether oxygens (including phenoxy) is 1. The lowest BCUT2D eigenvalue weighted by Gasteiger charge is -2.12. The third-order valence-electron chi connectivity index (χ3n) is 4.03. The minimum atomic E-state index is -0.488. The monoisotopic (exact) mass is 367 g/mol. The predicted molar refractivity (Wildman–Crippen MR) is 96.6 cm³/mol. The van der Waals surface area contributed by atoms with Gasteiger partial charge in [-0.1, -0.05) is 29.5 Å². The van der Waals surface area contributed by atoms with E-state index in [0.717, 1.165) is 9.60 Å². The van der Waals surface area contributed by atoms with E-state index in [9.17, 15) is 14.4 Å². The maximum atomic E-state index is 12.3. The highest BCUT2D eigenvalue weighted by atomic mass is 32.1. The predicted octanol–water partition coefficient (Wildman–Crippen LogP) is 2.54. The minimum absolute atomic E-state index is 0.315. The first-order chi connectivity index (χ1) is 12.6. The Morgan fingerprint density at radius 2 is 1.81 bits per heavy atom. The topological polar surface area (TPSA) is 88.6 Å². The summed E-state index contributed by atoms with van der Waals surface area (Å²) in [7, 11) is 1.55. The van der Waals surface area contributed by atoms with E-state index in [1.807, 2.05) is 12.1 Å². The summed E-state index contributed by atoms with van der Waals surface area (Å²) in [6, 6.07) is 12.0. The molecule has 26 heavy (non-hydrogen) atoms. The second-order valence-corrected chi connectivity index (χ2v) is 6.65. The Kier molecular flexibility index (Phi) is 3.89. The van der Waals surface area contributed by atoms with Crippen LogP contribution >= 0.6 is 11.3 Å². The van der Waals surface area contributed by atoms with Crippen molar-refractivity contribution < 1.29 is 19.1 Å². The first-order valence-corrected chi connectivity index (χ1v) is 8.59. The maximum absolute atomic E-state index is 12.3. The Labute approximate surface area is 152 Å². The number of anilines is 1. The van der Waals surface area contributed by atoms with Gasteiger partial charge in [-0.2, -0.15) is 0 Å². The molecule has 130 valence electrons. The Hall–Kier alpha value is -3.26. The van der Waals surface area contributed by atoms with E-state index in [-0.39, 0.29) is 6.54 Å². The van der Waals surface area contributed by atoms with Crippen molar-refractivity contribution in [2.75, 3.05) is 19.0 Å². The third-order valence-corrected chi connectivity index (χ3v) is 4.96. The van der Waals surface area contributed by atoms with E-state index in [1.165, 1.54) is 11.3 Å². The molecule has 2 heterocycles. The van der Waals surface area contributed by atoms with Crippen molar-refractivity contribution >= 4 is 44.4 Å². The zero-order chi connectivity index (χ0) is 18.3. The average molecular weight is 367 g/mol. The number of nitrogens with one attached hydrogen (secondary N) is 1. The highest BCUT2D eigenvalue weighted by Gasteiger charge is 2.36. The van der Waals surface area contributed by atoms with Gasteiger partial charge in [0.2, 0.25) is 5.91 Å². The number of nitrogens with zero attached hydrogens (tertiary/aromatic N) is 2. The van der Waals surface area contributed by atoms with Gasteiger partial charge in [0.05, 0.1) is 22.9 Å². The van der Waals surface area contributed by atoms with E-state index in [0.29, 0.717) is 27.5 Å². The number of hydrogen-bond acceptors (Lipinski definition) is 6. The molecule has 2 aromatic carbocycles. The van der Waals surface area contributed by atoms with E-state index in [2.05, 4.69) is 10.3 Å². The molecule has 3 aromatic rings. The lowest BCUT2D eigenvalue weighted by atomic mass is 10.1. The number of rotatable bonds is 4. The van der Waals surface area contributed by atoms with Crippen LogP contribution in [0.3, 0.4) is 0 Å². The van der Waals surface area contributed by atoms with Crippen molar-refractivity contribution in [1.82, 2.24) is 9.88 Å². The molecule has 4 rings (SSSR count). The third kappa shape index (κ3) is 2.60. The SMILES string of the molecule is COc1cccc2sc(NC(=O)CN3C(=O)c4ccccc4C3=O)nc12. The Morgan fingerprint density at radius 3 is 2.46 bits per heavy atom. The van der Waals surface area contributed by atoms with Crippen LogP contribution in [0.15, 0.2) is 42.5 Å². The summed E-state index contributed by atoms with van der Waals surface area (Å²) in [6.45, 7) is -0.362. The number of carbonyl (C=O) groups is 3. The van der Waals surface area contributed by atoms with Crippen molar-refractivity contribution in [2.45, 2.75) is 0 Å². The summed E-state index contributed by atoms with van der Waals surface area (Å²) in [5.41, 5.74) is 1.28. The highest BCUT2D eigenvalue weighted by Crippen LogP contribution is 2.32. The van der Waals surface area contributed by atoms with Crippen LogP contribution < -0.4 is 10.1 Å². The number of fused-ring (bicyclic) bond motifs is 2. The zero-order valence-corrected chi connectivity index (χ0v) is 14.5. The number of imide groups is 1. The molecule has 0 radical (unpaired) electrons. The fraction of sp³-hybridized carbons (Fsp3) is 0.111. The molecule has 1 aromatic heterocycles. The number of amides is 3. The molecule has 0 aliphatic carbocycles. The van der Waals surface area contributed by atoms with Gasteiger partial charge < -0.3 is 10.1 Å². The van der Waals surface area contributed by atoms with Gasteiger partial charge in [-0.3, -0.25) is 19.3 Å². The van der Waals surface area contributed by atoms with Crippen molar-refractivity contribution in [3.63, 3.8) is 0 Å². The summed E-state index contributed by atoms with van der Waals surface area (Å²) in [5, 5.41) is 3.02. The van der Waals surface area contributed by atoms with Crippen molar-refractivity contribution in [3.05, 3.63) is 53.6 Å². The van der Waals surface area contributed by atoms with Crippen LogP contribution in [0.1, 0.15) is 20.7 Å². The van der Waals surface area contributed by atoms with Crippen molar-refractivity contribution in [1.29, 1.82) is 0 Å². The fourth-order valence-electron chi connectivity index (χ4n) is 2.83. The molecule has 0 unspecified atom stereocenters. The number of para-hydroxylation sites is 1. The molecule has 0 bridgehead atoms. The molecule has 1 aliphatic rings. The van der Waals surface area contributed by atoms with Crippen LogP contribution in [-0.4, -0.2) is 41.3 Å². The van der Waals surface area contributed by atoms with E-state index in [1.54, 1.807) is 37.4 Å². The van der Waals surface area contributed by atoms with Crippen LogP contribution in [0, 0.1) is 0 Å². The van der Waals surface area contributed by atoms with Gasteiger partial charge in [0.15, 0.2) is 5.13 Å². The second kappa shape index (κ2) is 6.23. The second-order valence-electron chi connectivity index (χ2n) is 5.62. The summed E-state index contributed by atoms with van der Waals surface area (Å²) >= 11 is 1.29. The Bertz CT molecular complexity index is 1020. The fourth-order valence-corrected chi connectivity index (χ4v) is 3.73. The highest BCUT2D eigenvalue weighted by molar-refractivity contribution is 7.22. The van der Waals surface area contributed by atoms with Crippen LogP contribution in [0.4, 0.5) is 5.13 Å². The van der Waals surface area contributed by atoms with E-state index < -0.39 is 17.7 Å². The van der Waals surface area contributed by atoms with E-state index in [4.69, 9.17) is 4.74 Å². The smallest absolute Gasteiger partial charge is 0.262 e. The lowest BCUT2D eigenvalue weighted by molar-refractivity contribution is -0.116. The zero-order valence-electron chi connectivity index (χ0n) is 13.7. The normalized spacial score (nSPS) is 13.2. The largest absolute Gasteiger partial charge is 0.494 e. The van der Waals surface area contributed by atoms with Gasteiger partial charge in [-0.25, -0.2) is 4.98 Å². The number of aromatic nitrogens is 1. The number of hydrogen-bond donors (Lipinski definition) is 1. The van der Waals surface area contributed by atoms with Gasteiger partial charge in [-0.05, 0) is 24.3 Å². The first kappa shape index (κ1) is 16.2. The van der Waals surface area contributed by atoms with Crippen LogP contribution in [-0.2, 0) is 4.79 Å². The molecule has 0 spiro atoms. The van der Waals surface area contributed by atoms with Crippen LogP contribution in [0.5, 0.6) is 5.75 Å². The first-order valence-electron chi connectivity index (χ1n) is 7.77. The van der Waals surface area contributed by atoms with Gasteiger partial charge in [0.25, 0.3) is 11.8 Å². The van der Waals surface area contributed by atoms with Crippen molar-refractivity contribution in [3.8, 4) is 5.75 Å². The van der Waals surface area contributed by atoms with Crippen LogP contribution in [0.2, 0.25) is 0 Å².